The van der Waals surface area contributed by atoms with Crippen LogP contribution in [0.1, 0.15) is 32.1 Å². The highest BCUT2D eigenvalue weighted by atomic mass is 16.6. The summed E-state index contributed by atoms with van der Waals surface area (Å²) in [5.41, 5.74) is 4.79. The number of carbonyl (C=O) groups is 1. The van der Waals surface area contributed by atoms with Crippen molar-refractivity contribution in [2.75, 3.05) is 5.43 Å². The van der Waals surface area contributed by atoms with Crippen molar-refractivity contribution in [3.63, 3.8) is 0 Å². The molecule has 0 bridgehead atoms. The van der Waals surface area contributed by atoms with E-state index in [0.717, 1.165) is 12.8 Å². The Morgan fingerprint density at radius 2 is 1.90 bits per heavy atom. The topological polar surface area (TPSA) is 104 Å². The van der Waals surface area contributed by atoms with Gasteiger partial charge < -0.3 is 5.11 Å². The molecule has 1 aromatic carbocycles. The Labute approximate surface area is 116 Å². The zero-order valence-corrected chi connectivity index (χ0v) is 11.0. The molecule has 0 radical (unpaired) electrons. The molecule has 0 unspecified atom stereocenters. The number of non-ortho nitro benzene ring substituents is 1. The quantitative estimate of drug-likeness (QED) is 0.562. The third-order valence-corrected chi connectivity index (χ3v) is 3.45. The number of nitro groups is 1. The molecule has 2 rings (SSSR count). The SMILES string of the molecule is O=C(CC1(O)CCCC1)NNc1ccc([N+](=O)[O-])cc1. The maximum atomic E-state index is 11.7. The minimum absolute atomic E-state index is 0.0119. The highest BCUT2D eigenvalue weighted by Crippen LogP contribution is 2.32. The Morgan fingerprint density at radius 1 is 1.30 bits per heavy atom. The van der Waals surface area contributed by atoms with Crippen molar-refractivity contribution in [3.8, 4) is 0 Å². The molecule has 1 saturated carbocycles. The predicted octanol–water partition coefficient (Wildman–Crippen LogP) is 1.73. The number of amides is 1. The van der Waals surface area contributed by atoms with Gasteiger partial charge in [0.05, 0.1) is 22.6 Å². The Hall–Kier alpha value is -2.15. The van der Waals surface area contributed by atoms with Crippen LogP contribution in [0.2, 0.25) is 0 Å². The third kappa shape index (κ3) is 3.67. The van der Waals surface area contributed by atoms with E-state index in [2.05, 4.69) is 10.9 Å². The normalized spacial score (nSPS) is 16.6. The first-order valence-electron chi connectivity index (χ1n) is 6.50. The van der Waals surface area contributed by atoms with Gasteiger partial charge in [-0.05, 0) is 25.0 Å². The summed E-state index contributed by atoms with van der Waals surface area (Å²) in [5.74, 6) is -0.298. The van der Waals surface area contributed by atoms with E-state index in [-0.39, 0.29) is 18.0 Å². The van der Waals surface area contributed by atoms with Crippen LogP contribution < -0.4 is 10.9 Å². The highest BCUT2D eigenvalue weighted by Gasteiger charge is 2.33. The molecule has 0 aliphatic heterocycles. The fourth-order valence-electron chi connectivity index (χ4n) is 2.36. The number of carbonyl (C=O) groups excluding carboxylic acids is 1. The van der Waals surface area contributed by atoms with Gasteiger partial charge in [-0.15, -0.1) is 0 Å². The van der Waals surface area contributed by atoms with Gasteiger partial charge in [-0.1, -0.05) is 12.8 Å². The molecule has 0 aromatic heterocycles. The van der Waals surface area contributed by atoms with Crippen LogP contribution in [0.5, 0.6) is 0 Å². The summed E-state index contributed by atoms with van der Waals surface area (Å²) < 4.78 is 0. The maximum absolute atomic E-state index is 11.7. The van der Waals surface area contributed by atoms with Crippen molar-refractivity contribution in [2.45, 2.75) is 37.7 Å². The molecule has 7 nitrogen and oxygen atoms in total. The summed E-state index contributed by atoms with van der Waals surface area (Å²) in [6.45, 7) is 0. The van der Waals surface area contributed by atoms with Crippen LogP contribution in [0.25, 0.3) is 0 Å². The summed E-state index contributed by atoms with van der Waals surface area (Å²) in [5, 5.41) is 20.6. The molecule has 0 spiro atoms. The number of benzene rings is 1. The number of nitro benzene ring substituents is 1. The van der Waals surface area contributed by atoms with Crippen molar-refractivity contribution in [1.82, 2.24) is 5.43 Å². The molecule has 108 valence electrons. The lowest BCUT2D eigenvalue weighted by Gasteiger charge is -2.21. The van der Waals surface area contributed by atoms with Gasteiger partial charge in [-0.2, -0.15) is 0 Å². The van der Waals surface area contributed by atoms with E-state index >= 15 is 0 Å². The zero-order valence-electron chi connectivity index (χ0n) is 11.0. The van der Waals surface area contributed by atoms with Gasteiger partial charge in [-0.3, -0.25) is 25.8 Å². The van der Waals surface area contributed by atoms with Crippen LogP contribution in [-0.2, 0) is 4.79 Å². The number of hydrogen-bond donors (Lipinski definition) is 3. The van der Waals surface area contributed by atoms with E-state index in [9.17, 15) is 20.0 Å². The molecule has 0 heterocycles. The smallest absolute Gasteiger partial charge is 0.269 e. The molecular formula is C13H17N3O4. The van der Waals surface area contributed by atoms with E-state index in [4.69, 9.17) is 0 Å². The van der Waals surface area contributed by atoms with E-state index in [1.54, 1.807) is 0 Å². The van der Waals surface area contributed by atoms with Crippen LogP contribution in [0.3, 0.4) is 0 Å². The lowest BCUT2D eigenvalue weighted by molar-refractivity contribution is -0.384. The van der Waals surface area contributed by atoms with Crippen LogP contribution >= 0.6 is 0 Å². The van der Waals surface area contributed by atoms with Gasteiger partial charge in [0.1, 0.15) is 0 Å². The fraction of sp³-hybridized carbons (Fsp3) is 0.462. The standard InChI is InChI=1S/C13H17N3O4/c17-12(9-13(18)7-1-2-8-13)15-14-10-3-5-11(6-4-10)16(19)20/h3-6,14,18H,1-2,7-9H2,(H,15,17). The second kappa shape index (κ2) is 5.87. The second-order valence-corrected chi connectivity index (χ2v) is 5.09. The molecule has 1 aliphatic carbocycles. The first-order valence-corrected chi connectivity index (χ1v) is 6.50. The van der Waals surface area contributed by atoms with Gasteiger partial charge in [0.15, 0.2) is 0 Å². The Kier molecular flexibility index (Phi) is 4.19. The predicted molar refractivity (Wildman–Crippen MR) is 72.9 cm³/mol. The van der Waals surface area contributed by atoms with Gasteiger partial charge in [-0.25, -0.2) is 0 Å². The summed E-state index contributed by atoms with van der Waals surface area (Å²) in [4.78, 5) is 21.7. The third-order valence-electron chi connectivity index (χ3n) is 3.45. The summed E-state index contributed by atoms with van der Waals surface area (Å²) in [6.07, 6.45) is 3.25. The number of nitrogens with one attached hydrogen (secondary N) is 2. The van der Waals surface area contributed by atoms with Crippen LogP contribution in [0.15, 0.2) is 24.3 Å². The van der Waals surface area contributed by atoms with Gasteiger partial charge in [0.25, 0.3) is 5.69 Å². The van der Waals surface area contributed by atoms with E-state index in [0.29, 0.717) is 18.5 Å². The van der Waals surface area contributed by atoms with Gasteiger partial charge >= 0.3 is 0 Å². The zero-order chi connectivity index (χ0) is 14.6. The van der Waals surface area contributed by atoms with Crippen molar-refractivity contribution >= 4 is 17.3 Å². The van der Waals surface area contributed by atoms with Crippen molar-refractivity contribution in [3.05, 3.63) is 34.4 Å². The first-order chi connectivity index (χ1) is 9.48. The molecule has 3 N–H and O–H groups in total. The van der Waals surface area contributed by atoms with E-state index in [1.165, 1.54) is 24.3 Å². The molecule has 20 heavy (non-hydrogen) atoms. The molecule has 0 atom stereocenters. The number of rotatable bonds is 5. The summed E-state index contributed by atoms with van der Waals surface area (Å²) in [7, 11) is 0. The lowest BCUT2D eigenvalue weighted by atomic mass is 9.98. The van der Waals surface area contributed by atoms with Gasteiger partial charge in [0, 0.05) is 12.1 Å². The highest BCUT2D eigenvalue weighted by molar-refractivity contribution is 5.78. The van der Waals surface area contributed by atoms with Crippen LogP contribution in [-0.4, -0.2) is 21.5 Å². The minimum Gasteiger partial charge on any atom is -0.389 e. The molecule has 0 saturated heterocycles. The molecular weight excluding hydrogens is 262 g/mol. The Balaban J connectivity index is 1.82. The van der Waals surface area contributed by atoms with Crippen molar-refractivity contribution in [1.29, 1.82) is 0 Å². The summed E-state index contributed by atoms with van der Waals surface area (Å²) >= 11 is 0. The van der Waals surface area contributed by atoms with Crippen LogP contribution in [0, 0.1) is 10.1 Å². The molecule has 1 aromatic rings. The number of aliphatic hydroxyl groups is 1. The number of nitrogens with zero attached hydrogens (tertiary/aromatic N) is 1. The lowest BCUT2D eigenvalue weighted by Crippen LogP contribution is -2.37. The number of hydrogen-bond acceptors (Lipinski definition) is 5. The average Bonchev–Trinajstić information content (AvgIpc) is 2.83. The Bertz CT molecular complexity index is 495. The van der Waals surface area contributed by atoms with Crippen molar-refractivity contribution < 1.29 is 14.8 Å². The number of anilines is 1. The fourth-order valence-corrected chi connectivity index (χ4v) is 2.36. The molecule has 1 amide bonds. The largest absolute Gasteiger partial charge is 0.389 e. The first kappa shape index (κ1) is 14.3. The average molecular weight is 279 g/mol. The maximum Gasteiger partial charge on any atom is 0.269 e. The second-order valence-electron chi connectivity index (χ2n) is 5.09. The molecule has 1 aliphatic rings. The van der Waals surface area contributed by atoms with E-state index in [1.807, 2.05) is 0 Å². The monoisotopic (exact) mass is 279 g/mol. The van der Waals surface area contributed by atoms with Gasteiger partial charge in [0.2, 0.25) is 5.91 Å². The van der Waals surface area contributed by atoms with Crippen molar-refractivity contribution in [2.24, 2.45) is 0 Å². The Morgan fingerprint density at radius 3 is 2.45 bits per heavy atom. The minimum atomic E-state index is -0.888. The summed E-state index contributed by atoms with van der Waals surface area (Å²) in [6, 6.07) is 5.70. The van der Waals surface area contributed by atoms with Crippen LogP contribution in [0.4, 0.5) is 11.4 Å². The molecule has 7 heteroatoms. The number of hydrazine groups is 1. The molecule has 1 fully saturated rings. The van der Waals surface area contributed by atoms with E-state index < -0.39 is 10.5 Å².